The van der Waals surface area contributed by atoms with Gasteiger partial charge in [0.1, 0.15) is 11.8 Å². The summed E-state index contributed by atoms with van der Waals surface area (Å²) in [6.45, 7) is 1.98. The molecule has 0 aliphatic carbocycles. The maximum Gasteiger partial charge on any atom is 0.221 e. The molecule has 1 atom stereocenters. The van der Waals surface area contributed by atoms with Crippen LogP contribution in [0.5, 0.6) is 5.75 Å². The van der Waals surface area contributed by atoms with Crippen molar-refractivity contribution >= 4 is 5.91 Å². The highest BCUT2D eigenvalue weighted by Gasteiger charge is 2.14. The summed E-state index contributed by atoms with van der Waals surface area (Å²) in [7, 11) is 1.61. The molecular formula is C19H20N2O2. The minimum Gasteiger partial charge on any atom is -0.496 e. The number of rotatable bonds is 6. The quantitative estimate of drug-likeness (QED) is 0.890. The smallest absolute Gasteiger partial charge is 0.221 e. The van der Waals surface area contributed by atoms with E-state index in [0.717, 1.165) is 22.4 Å². The minimum absolute atomic E-state index is 0.150. The summed E-state index contributed by atoms with van der Waals surface area (Å²) in [5.41, 5.74) is 2.89. The van der Waals surface area contributed by atoms with Gasteiger partial charge in [-0.15, -0.1) is 0 Å². The van der Waals surface area contributed by atoms with E-state index in [1.807, 2.05) is 55.5 Å². The molecule has 23 heavy (non-hydrogen) atoms. The molecule has 0 aliphatic rings. The number of nitrogens with zero attached hydrogens (tertiary/aromatic N) is 1. The Morgan fingerprint density at radius 3 is 2.57 bits per heavy atom. The summed E-state index contributed by atoms with van der Waals surface area (Å²) in [6.07, 6.45) is 0.881. The Hall–Kier alpha value is -2.80. The highest BCUT2D eigenvalue weighted by atomic mass is 16.5. The van der Waals surface area contributed by atoms with Crippen LogP contribution < -0.4 is 10.1 Å². The summed E-state index contributed by atoms with van der Waals surface area (Å²) in [4.78, 5) is 12.1. The number of carbonyl (C=O) groups is 1. The molecule has 2 rings (SSSR count). The summed E-state index contributed by atoms with van der Waals surface area (Å²) < 4.78 is 5.28. The van der Waals surface area contributed by atoms with Gasteiger partial charge in [-0.3, -0.25) is 4.79 Å². The highest BCUT2D eigenvalue weighted by molar-refractivity contribution is 5.77. The van der Waals surface area contributed by atoms with E-state index in [0.29, 0.717) is 12.8 Å². The number of nitriles is 1. The van der Waals surface area contributed by atoms with Gasteiger partial charge >= 0.3 is 0 Å². The van der Waals surface area contributed by atoms with Crippen LogP contribution in [0.4, 0.5) is 0 Å². The second kappa shape index (κ2) is 8.00. The summed E-state index contributed by atoms with van der Waals surface area (Å²) in [5.74, 6) is 0.624. The Balaban J connectivity index is 1.95. The molecule has 1 N–H and O–H groups in total. The van der Waals surface area contributed by atoms with Gasteiger partial charge in [0.15, 0.2) is 0 Å². The SMILES string of the molecule is COc1ccccc1CCC(=O)NC(C#N)c1ccc(C)cc1. The zero-order valence-corrected chi connectivity index (χ0v) is 13.4. The predicted molar refractivity (Wildman–Crippen MR) is 89.0 cm³/mol. The van der Waals surface area contributed by atoms with Crippen LogP contribution in [0.15, 0.2) is 48.5 Å². The van der Waals surface area contributed by atoms with Gasteiger partial charge in [-0.1, -0.05) is 48.0 Å². The first-order valence-corrected chi connectivity index (χ1v) is 7.51. The number of nitrogens with one attached hydrogen (secondary N) is 1. The minimum atomic E-state index is -0.624. The van der Waals surface area contributed by atoms with Crippen molar-refractivity contribution in [2.24, 2.45) is 0 Å². The maximum absolute atomic E-state index is 12.1. The first-order valence-electron chi connectivity index (χ1n) is 7.51. The standard InChI is InChI=1S/C19H20N2O2/c1-14-7-9-15(10-8-14)17(13-20)21-19(22)12-11-16-5-3-4-6-18(16)23-2/h3-10,17H,11-12H2,1-2H3,(H,21,22). The van der Waals surface area contributed by atoms with E-state index in [-0.39, 0.29) is 5.91 Å². The van der Waals surface area contributed by atoms with Crippen LogP contribution in [0, 0.1) is 18.3 Å². The molecule has 0 aliphatic heterocycles. The second-order valence-electron chi connectivity index (χ2n) is 5.35. The lowest BCUT2D eigenvalue weighted by Gasteiger charge is -2.13. The summed E-state index contributed by atoms with van der Waals surface area (Å²) in [6, 6.07) is 16.7. The number of aryl methyl sites for hydroxylation is 2. The number of benzene rings is 2. The van der Waals surface area contributed by atoms with Crippen molar-refractivity contribution in [3.8, 4) is 11.8 Å². The lowest BCUT2D eigenvalue weighted by Crippen LogP contribution is -2.27. The number of amides is 1. The van der Waals surface area contributed by atoms with Crippen molar-refractivity contribution in [2.75, 3.05) is 7.11 Å². The molecule has 0 aromatic heterocycles. The van der Waals surface area contributed by atoms with Gasteiger partial charge in [-0.05, 0) is 30.5 Å². The molecule has 0 bridgehead atoms. The third-order valence-electron chi connectivity index (χ3n) is 3.66. The van der Waals surface area contributed by atoms with Crippen molar-refractivity contribution in [1.82, 2.24) is 5.32 Å². The van der Waals surface area contributed by atoms with Crippen LogP contribution >= 0.6 is 0 Å². The lowest BCUT2D eigenvalue weighted by molar-refractivity contribution is -0.121. The van der Waals surface area contributed by atoms with Crippen LogP contribution in [0.3, 0.4) is 0 Å². The average molecular weight is 308 g/mol. The van der Waals surface area contributed by atoms with Crippen LogP contribution in [-0.4, -0.2) is 13.0 Å². The van der Waals surface area contributed by atoms with Crippen molar-refractivity contribution in [3.63, 3.8) is 0 Å². The molecule has 0 saturated carbocycles. The topological polar surface area (TPSA) is 62.1 Å². The van der Waals surface area contributed by atoms with Gasteiger partial charge in [0.05, 0.1) is 13.2 Å². The van der Waals surface area contributed by atoms with Gasteiger partial charge in [0.25, 0.3) is 0 Å². The van der Waals surface area contributed by atoms with Crippen molar-refractivity contribution < 1.29 is 9.53 Å². The predicted octanol–water partition coefficient (Wildman–Crippen LogP) is 3.32. The Morgan fingerprint density at radius 2 is 1.91 bits per heavy atom. The van der Waals surface area contributed by atoms with Gasteiger partial charge in [-0.2, -0.15) is 5.26 Å². The number of ether oxygens (including phenoxy) is 1. The van der Waals surface area contributed by atoms with Crippen LogP contribution in [0.2, 0.25) is 0 Å². The molecule has 1 amide bonds. The third-order valence-corrected chi connectivity index (χ3v) is 3.66. The molecule has 0 fully saturated rings. The second-order valence-corrected chi connectivity index (χ2v) is 5.35. The van der Waals surface area contributed by atoms with Gasteiger partial charge < -0.3 is 10.1 Å². The molecule has 1 unspecified atom stereocenters. The molecule has 0 radical (unpaired) electrons. The highest BCUT2D eigenvalue weighted by Crippen LogP contribution is 2.19. The number of methoxy groups -OCH3 is 1. The Morgan fingerprint density at radius 1 is 1.22 bits per heavy atom. The normalized spacial score (nSPS) is 11.3. The molecular weight excluding hydrogens is 288 g/mol. The molecule has 0 saturated heterocycles. The molecule has 4 heteroatoms. The van der Waals surface area contributed by atoms with Crippen LogP contribution in [0.25, 0.3) is 0 Å². The zero-order valence-electron chi connectivity index (χ0n) is 13.4. The Labute approximate surface area is 136 Å². The summed E-state index contributed by atoms with van der Waals surface area (Å²) in [5, 5.41) is 12.0. The van der Waals surface area contributed by atoms with Gasteiger partial charge in [0.2, 0.25) is 5.91 Å². The summed E-state index contributed by atoms with van der Waals surface area (Å²) >= 11 is 0. The van der Waals surface area contributed by atoms with Crippen LogP contribution in [0.1, 0.15) is 29.2 Å². The number of carbonyl (C=O) groups excluding carboxylic acids is 1. The fourth-order valence-electron chi connectivity index (χ4n) is 2.34. The molecule has 0 spiro atoms. The Kier molecular flexibility index (Phi) is 5.76. The van der Waals surface area contributed by atoms with E-state index in [1.165, 1.54) is 0 Å². The van der Waals surface area contributed by atoms with E-state index >= 15 is 0 Å². The van der Waals surface area contributed by atoms with E-state index in [9.17, 15) is 10.1 Å². The number of hydrogen-bond acceptors (Lipinski definition) is 3. The monoisotopic (exact) mass is 308 g/mol. The van der Waals surface area contributed by atoms with E-state index in [2.05, 4.69) is 11.4 Å². The third kappa shape index (κ3) is 4.58. The maximum atomic E-state index is 12.1. The first-order chi connectivity index (χ1) is 11.1. The van der Waals surface area contributed by atoms with Crippen LogP contribution in [-0.2, 0) is 11.2 Å². The molecule has 118 valence electrons. The first kappa shape index (κ1) is 16.6. The average Bonchev–Trinajstić information content (AvgIpc) is 2.59. The molecule has 2 aromatic carbocycles. The van der Waals surface area contributed by atoms with E-state index < -0.39 is 6.04 Å². The van der Waals surface area contributed by atoms with Crippen molar-refractivity contribution in [2.45, 2.75) is 25.8 Å². The molecule has 0 heterocycles. The number of hydrogen-bond donors (Lipinski definition) is 1. The van der Waals surface area contributed by atoms with Gasteiger partial charge in [-0.25, -0.2) is 0 Å². The van der Waals surface area contributed by atoms with Crippen molar-refractivity contribution in [3.05, 3.63) is 65.2 Å². The van der Waals surface area contributed by atoms with Crippen molar-refractivity contribution in [1.29, 1.82) is 5.26 Å². The van der Waals surface area contributed by atoms with E-state index in [1.54, 1.807) is 7.11 Å². The molecule has 4 nitrogen and oxygen atoms in total. The fraction of sp³-hybridized carbons (Fsp3) is 0.263. The lowest BCUT2D eigenvalue weighted by atomic mass is 10.1. The number of para-hydroxylation sites is 1. The van der Waals surface area contributed by atoms with E-state index in [4.69, 9.17) is 4.74 Å². The zero-order chi connectivity index (χ0) is 16.7. The largest absolute Gasteiger partial charge is 0.496 e. The van der Waals surface area contributed by atoms with Gasteiger partial charge in [0, 0.05) is 6.42 Å². The Bertz CT molecular complexity index is 702. The molecule has 2 aromatic rings. The fourth-order valence-corrected chi connectivity index (χ4v) is 2.34.